The van der Waals surface area contributed by atoms with Gasteiger partial charge in [-0.25, -0.2) is 9.79 Å². The lowest BCUT2D eigenvalue weighted by molar-refractivity contribution is -0.138. The summed E-state index contributed by atoms with van der Waals surface area (Å²) in [5, 5.41) is 10.8. The van der Waals surface area contributed by atoms with Crippen molar-refractivity contribution < 1.29 is 9.53 Å². The number of ether oxygens (including phenoxy) is 1. The minimum Gasteiger partial charge on any atom is -0.463 e. The maximum Gasteiger partial charge on any atom is 0.338 e. The molecule has 0 spiro atoms. The van der Waals surface area contributed by atoms with Gasteiger partial charge < -0.3 is 9.30 Å². The molecule has 7 nitrogen and oxygen atoms in total. The number of rotatable bonds is 6. The highest BCUT2D eigenvalue weighted by molar-refractivity contribution is 7.07. The van der Waals surface area contributed by atoms with E-state index < -0.39 is 12.0 Å². The van der Waals surface area contributed by atoms with Gasteiger partial charge in [0.25, 0.3) is 5.56 Å². The SMILES string of the molecule is CCOC(=O)C1=C(c2ccccc2)N=c2s/c(=C\c3cn(CC#N)c4ccccc34)c(=O)n2[C@@H]1c1ccc(Cl)cc1. The molecule has 3 aromatic carbocycles. The lowest BCUT2D eigenvalue weighted by Gasteiger charge is -2.25. The third-order valence-corrected chi connectivity index (χ3v) is 8.14. The average molecular weight is 579 g/mol. The molecular weight excluding hydrogens is 556 g/mol. The van der Waals surface area contributed by atoms with Crippen LogP contribution >= 0.6 is 22.9 Å². The largest absolute Gasteiger partial charge is 0.463 e. The monoisotopic (exact) mass is 578 g/mol. The predicted molar refractivity (Wildman–Crippen MR) is 160 cm³/mol. The third kappa shape index (κ3) is 4.80. The molecule has 1 aliphatic rings. The molecule has 0 fully saturated rings. The van der Waals surface area contributed by atoms with E-state index in [1.165, 1.54) is 11.3 Å². The molecule has 2 aromatic heterocycles. The van der Waals surface area contributed by atoms with E-state index >= 15 is 0 Å². The molecule has 1 atom stereocenters. The summed E-state index contributed by atoms with van der Waals surface area (Å²) in [5.74, 6) is -0.538. The molecular formula is C32H23ClN4O3S. The van der Waals surface area contributed by atoms with Crippen molar-refractivity contribution in [1.29, 1.82) is 5.26 Å². The number of aromatic nitrogens is 2. The lowest BCUT2D eigenvalue weighted by atomic mass is 9.93. The first-order chi connectivity index (χ1) is 20.0. The van der Waals surface area contributed by atoms with Gasteiger partial charge in [0.05, 0.1) is 34.5 Å². The summed E-state index contributed by atoms with van der Waals surface area (Å²) in [6, 6.07) is 25.7. The van der Waals surface area contributed by atoms with Gasteiger partial charge in [0.2, 0.25) is 0 Å². The Morgan fingerprint density at radius 2 is 1.83 bits per heavy atom. The molecule has 9 heteroatoms. The Balaban J connectivity index is 1.65. The summed E-state index contributed by atoms with van der Waals surface area (Å²) in [6.07, 6.45) is 3.71. The number of thiazole rings is 1. The number of carbonyl (C=O) groups excluding carboxylic acids is 1. The van der Waals surface area contributed by atoms with Gasteiger partial charge in [0, 0.05) is 33.2 Å². The molecule has 0 amide bonds. The van der Waals surface area contributed by atoms with Crippen molar-refractivity contribution in [1.82, 2.24) is 9.13 Å². The van der Waals surface area contributed by atoms with E-state index in [0.717, 1.165) is 22.0 Å². The Labute approximate surface area is 244 Å². The van der Waals surface area contributed by atoms with Crippen molar-refractivity contribution in [3.8, 4) is 6.07 Å². The van der Waals surface area contributed by atoms with Crippen molar-refractivity contribution >= 4 is 51.6 Å². The number of benzene rings is 3. The maximum absolute atomic E-state index is 14.1. The Hall–Kier alpha value is -4.71. The second-order valence-corrected chi connectivity index (χ2v) is 10.8. The zero-order valence-electron chi connectivity index (χ0n) is 22.0. The standard InChI is InChI=1S/C32H23ClN4O3S/c1-2-40-31(39)27-28(20-8-4-3-5-9-20)35-32-37(29(27)21-12-14-23(33)15-13-21)30(38)26(41-32)18-22-19-36(17-16-34)25-11-7-6-10-24(22)25/h3-15,18-19,29H,2,17H2,1H3/b26-18-/t29-/m1/s1. The fraction of sp³-hybridized carbons (Fsp3) is 0.125. The summed E-state index contributed by atoms with van der Waals surface area (Å²) >= 11 is 7.46. The van der Waals surface area contributed by atoms with Crippen LogP contribution in [0.4, 0.5) is 0 Å². The molecule has 1 aliphatic heterocycles. The van der Waals surface area contributed by atoms with E-state index in [-0.39, 0.29) is 24.3 Å². The van der Waals surface area contributed by atoms with Gasteiger partial charge in [0.15, 0.2) is 4.80 Å². The van der Waals surface area contributed by atoms with Crippen molar-refractivity contribution in [2.24, 2.45) is 4.99 Å². The van der Waals surface area contributed by atoms with Crippen molar-refractivity contribution in [2.45, 2.75) is 19.5 Å². The summed E-state index contributed by atoms with van der Waals surface area (Å²) in [4.78, 5) is 33.0. The molecule has 202 valence electrons. The van der Waals surface area contributed by atoms with E-state index in [9.17, 15) is 14.9 Å². The van der Waals surface area contributed by atoms with E-state index in [1.807, 2.05) is 83.6 Å². The summed E-state index contributed by atoms with van der Waals surface area (Å²) < 4.78 is 9.39. The van der Waals surface area contributed by atoms with Crippen LogP contribution in [0.25, 0.3) is 22.7 Å². The summed E-state index contributed by atoms with van der Waals surface area (Å²) in [6.45, 7) is 2.11. The van der Waals surface area contributed by atoms with Crippen molar-refractivity contribution in [3.63, 3.8) is 0 Å². The van der Waals surface area contributed by atoms with Gasteiger partial charge in [-0.15, -0.1) is 0 Å². The van der Waals surface area contributed by atoms with Crippen LogP contribution in [0, 0.1) is 11.3 Å². The van der Waals surface area contributed by atoms with Crippen molar-refractivity contribution in [2.75, 3.05) is 6.61 Å². The molecule has 0 radical (unpaired) electrons. The number of halogens is 1. The molecule has 6 rings (SSSR count). The highest BCUT2D eigenvalue weighted by atomic mass is 35.5. The van der Waals surface area contributed by atoms with Crippen LogP contribution in [0.15, 0.2) is 100 Å². The first-order valence-corrected chi connectivity index (χ1v) is 14.2. The number of para-hydroxylation sites is 1. The lowest BCUT2D eigenvalue weighted by Crippen LogP contribution is -2.40. The van der Waals surface area contributed by atoms with E-state index in [1.54, 1.807) is 23.6 Å². The number of nitriles is 1. The zero-order chi connectivity index (χ0) is 28.5. The van der Waals surface area contributed by atoms with Gasteiger partial charge in [-0.1, -0.05) is 83.6 Å². The second kappa shape index (κ2) is 11.0. The van der Waals surface area contributed by atoms with E-state index in [4.69, 9.17) is 21.3 Å². The molecule has 0 N–H and O–H groups in total. The van der Waals surface area contributed by atoms with Crippen LogP contribution in [0.5, 0.6) is 0 Å². The van der Waals surface area contributed by atoms with E-state index in [2.05, 4.69) is 6.07 Å². The van der Waals surface area contributed by atoms with Gasteiger partial charge >= 0.3 is 5.97 Å². The first-order valence-electron chi connectivity index (χ1n) is 13.0. The number of nitrogens with zero attached hydrogens (tertiary/aromatic N) is 4. The number of esters is 1. The van der Waals surface area contributed by atoms with Crippen LogP contribution in [0.2, 0.25) is 5.02 Å². The average Bonchev–Trinajstić information content (AvgIpc) is 3.50. The Morgan fingerprint density at radius 3 is 2.56 bits per heavy atom. The fourth-order valence-electron chi connectivity index (χ4n) is 5.14. The van der Waals surface area contributed by atoms with Gasteiger partial charge in [-0.3, -0.25) is 9.36 Å². The van der Waals surface area contributed by atoms with Crippen molar-refractivity contribution in [3.05, 3.63) is 132 Å². The molecule has 0 bridgehead atoms. The Kier molecular flexibility index (Phi) is 7.14. The second-order valence-electron chi connectivity index (χ2n) is 9.37. The van der Waals surface area contributed by atoms with Crippen LogP contribution < -0.4 is 14.9 Å². The van der Waals surface area contributed by atoms with Crippen LogP contribution in [0.1, 0.15) is 29.7 Å². The van der Waals surface area contributed by atoms with Crippen LogP contribution in [-0.2, 0) is 16.1 Å². The number of carbonyl (C=O) groups is 1. The smallest absolute Gasteiger partial charge is 0.338 e. The number of hydrogen-bond donors (Lipinski definition) is 0. The molecule has 0 saturated heterocycles. The van der Waals surface area contributed by atoms with Crippen LogP contribution in [-0.4, -0.2) is 21.7 Å². The third-order valence-electron chi connectivity index (χ3n) is 6.91. The molecule has 5 aromatic rings. The zero-order valence-corrected chi connectivity index (χ0v) is 23.5. The fourth-order valence-corrected chi connectivity index (χ4v) is 6.26. The highest BCUT2D eigenvalue weighted by Gasteiger charge is 2.35. The Morgan fingerprint density at radius 1 is 1.10 bits per heavy atom. The predicted octanol–water partition coefficient (Wildman–Crippen LogP) is 5.07. The van der Waals surface area contributed by atoms with Gasteiger partial charge in [-0.05, 0) is 36.8 Å². The van der Waals surface area contributed by atoms with Gasteiger partial charge in [-0.2, -0.15) is 5.26 Å². The summed E-state index contributed by atoms with van der Waals surface area (Å²) in [5.41, 5.74) is 3.64. The first kappa shape index (κ1) is 26.5. The normalized spacial score (nSPS) is 15.0. The highest BCUT2D eigenvalue weighted by Crippen LogP contribution is 2.35. The molecule has 3 heterocycles. The molecule has 0 unspecified atom stereocenters. The quantitative estimate of drug-likeness (QED) is 0.263. The number of fused-ring (bicyclic) bond motifs is 2. The molecule has 0 saturated carbocycles. The topological polar surface area (TPSA) is 89.4 Å². The van der Waals surface area contributed by atoms with E-state index in [0.29, 0.717) is 25.6 Å². The summed E-state index contributed by atoms with van der Waals surface area (Å²) in [7, 11) is 0. The minimum absolute atomic E-state index is 0.176. The molecule has 41 heavy (non-hydrogen) atoms. The Bertz CT molecular complexity index is 2050. The minimum atomic E-state index is -0.778. The van der Waals surface area contributed by atoms with Gasteiger partial charge in [0.1, 0.15) is 6.54 Å². The van der Waals surface area contributed by atoms with Crippen LogP contribution in [0.3, 0.4) is 0 Å². The molecule has 0 aliphatic carbocycles. The number of hydrogen-bond acceptors (Lipinski definition) is 6. The maximum atomic E-state index is 14.1.